The predicted molar refractivity (Wildman–Crippen MR) is 174 cm³/mol. The fourth-order valence-corrected chi connectivity index (χ4v) is 6.19. The van der Waals surface area contributed by atoms with E-state index >= 15 is 0 Å². The van der Waals surface area contributed by atoms with Crippen LogP contribution in [0.1, 0.15) is 70.7 Å². The number of ether oxygens (including phenoxy) is 1. The number of halogens is 3. The van der Waals surface area contributed by atoms with E-state index in [1.165, 1.54) is 34.6 Å². The average molecular weight is 680 g/mol. The van der Waals surface area contributed by atoms with E-state index in [1.807, 2.05) is 27.7 Å². The highest BCUT2D eigenvalue weighted by molar-refractivity contribution is 6.32. The Balaban J connectivity index is 1.38. The molecule has 2 amide bonds. The lowest BCUT2D eigenvalue weighted by molar-refractivity contribution is -0.134. The fourth-order valence-electron chi connectivity index (χ4n) is 5.99. The standard InChI is InChI=1S/C33H36ClF2N9O3/c1-31(2,3)17-33(23-8-5-20(6-9-23)22-14-39-43(15-22)28(35)36)27(46)45(29(37)41-33)26(16-48-30(47)42-32(4)11-12-32)21-7-10-24(34)25(13-21)44-19-38-18-40-44/h5-10,13-15,18-19,26,28H,11-12,16-17H2,1-4H3,(H2,37,41)(H,42,47)/t26-,33-/m1/s1. The molecule has 1 saturated carbocycles. The summed E-state index contributed by atoms with van der Waals surface area (Å²) in [5.41, 5.74) is 0.671. The first-order valence-corrected chi connectivity index (χ1v) is 15.8. The molecule has 15 heteroatoms. The van der Waals surface area contributed by atoms with Crippen LogP contribution in [0.4, 0.5) is 13.6 Å². The Morgan fingerprint density at radius 3 is 2.48 bits per heavy atom. The van der Waals surface area contributed by atoms with Crippen LogP contribution >= 0.6 is 11.6 Å². The molecule has 1 saturated heterocycles. The van der Waals surface area contributed by atoms with Gasteiger partial charge in [-0.2, -0.15) is 19.0 Å². The Morgan fingerprint density at radius 1 is 1.15 bits per heavy atom. The zero-order valence-corrected chi connectivity index (χ0v) is 27.6. The van der Waals surface area contributed by atoms with Crippen molar-refractivity contribution in [2.24, 2.45) is 5.41 Å². The zero-order chi connectivity index (χ0) is 34.4. The van der Waals surface area contributed by atoms with Crippen molar-refractivity contribution in [3.63, 3.8) is 0 Å². The molecule has 1 aliphatic heterocycles. The summed E-state index contributed by atoms with van der Waals surface area (Å²) in [5.74, 6) is -0.590. The van der Waals surface area contributed by atoms with Crippen molar-refractivity contribution in [2.75, 3.05) is 6.61 Å². The monoisotopic (exact) mass is 679 g/mol. The molecule has 2 aromatic carbocycles. The molecule has 12 nitrogen and oxygen atoms in total. The van der Waals surface area contributed by atoms with E-state index in [9.17, 15) is 18.4 Å². The maximum atomic E-state index is 14.8. The summed E-state index contributed by atoms with van der Waals surface area (Å²) in [4.78, 5) is 33.0. The molecule has 2 atom stereocenters. The molecule has 3 N–H and O–H groups in total. The maximum Gasteiger partial charge on any atom is 0.407 e. The van der Waals surface area contributed by atoms with Crippen LogP contribution in [0.5, 0.6) is 0 Å². The molecule has 2 fully saturated rings. The summed E-state index contributed by atoms with van der Waals surface area (Å²) < 4.78 is 34.1. The van der Waals surface area contributed by atoms with Gasteiger partial charge in [0.2, 0.25) is 0 Å². The second kappa shape index (κ2) is 12.3. The molecule has 0 spiro atoms. The van der Waals surface area contributed by atoms with Crippen LogP contribution in [0.15, 0.2) is 67.5 Å². The lowest BCUT2D eigenvalue weighted by Crippen LogP contribution is -2.47. The van der Waals surface area contributed by atoms with Gasteiger partial charge in [-0.1, -0.05) is 62.7 Å². The molecule has 252 valence electrons. The summed E-state index contributed by atoms with van der Waals surface area (Å²) in [6.45, 7) is 4.89. The van der Waals surface area contributed by atoms with E-state index in [-0.39, 0.29) is 23.5 Å². The number of nitrogens with one attached hydrogen (secondary N) is 3. The first-order valence-electron chi connectivity index (χ1n) is 15.4. The Labute approximate surface area is 280 Å². The van der Waals surface area contributed by atoms with Crippen molar-refractivity contribution >= 4 is 29.6 Å². The van der Waals surface area contributed by atoms with Gasteiger partial charge in [0.15, 0.2) is 5.96 Å². The Hall–Kier alpha value is -4.85. The van der Waals surface area contributed by atoms with Gasteiger partial charge in [0, 0.05) is 17.3 Å². The van der Waals surface area contributed by atoms with Gasteiger partial charge in [-0.3, -0.25) is 15.1 Å². The largest absolute Gasteiger partial charge is 0.447 e. The number of hydrogen-bond acceptors (Lipinski definition) is 7. The van der Waals surface area contributed by atoms with Crippen molar-refractivity contribution < 1.29 is 23.1 Å². The average Bonchev–Trinajstić information content (AvgIpc) is 3.42. The number of guanidine groups is 1. The van der Waals surface area contributed by atoms with Gasteiger partial charge >= 0.3 is 12.6 Å². The number of carbonyl (C=O) groups is 2. The molecular weight excluding hydrogens is 644 g/mol. The van der Waals surface area contributed by atoms with Crippen molar-refractivity contribution in [1.82, 2.24) is 40.1 Å². The van der Waals surface area contributed by atoms with E-state index in [0.29, 0.717) is 44.1 Å². The van der Waals surface area contributed by atoms with Gasteiger partial charge in [0.05, 0.1) is 22.9 Å². The van der Waals surface area contributed by atoms with E-state index in [1.54, 1.807) is 42.5 Å². The normalized spacial score (nSPS) is 19.4. The van der Waals surface area contributed by atoms with Crippen molar-refractivity contribution in [2.45, 2.75) is 70.6 Å². The first-order chi connectivity index (χ1) is 22.7. The summed E-state index contributed by atoms with van der Waals surface area (Å²) in [7, 11) is 0. The quantitative estimate of drug-likeness (QED) is 0.181. The molecule has 6 rings (SSSR count). The number of alkyl carbamates (subject to hydrolysis) is 1. The maximum absolute atomic E-state index is 14.8. The number of aromatic nitrogens is 5. The minimum Gasteiger partial charge on any atom is -0.447 e. The summed E-state index contributed by atoms with van der Waals surface area (Å²) in [6, 6.07) is 11.2. The Morgan fingerprint density at radius 2 is 1.88 bits per heavy atom. The predicted octanol–water partition coefficient (Wildman–Crippen LogP) is 6.20. The number of alkyl halides is 2. The lowest BCUT2D eigenvalue weighted by Gasteiger charge is -2.35. The Bertz CT molecular complexity index is 1840. The third-order valence-electron chi connectivity index (χ3n) is 8.57. The molecule has 48 heavy (non-hydrogen) atoms. The molecule has 0 unspecified atom stereocenters. The fraction of sp³-hybridized carbons (Fsp3) is 0.394. The van der Waals surface area contributed by atoms with Gasteiger partial charge in [0.25, 0.3) is 5.91 Å². The summed E-state index contributed by atoms with van der Waals surface area (Å²) in [6.07, 6.45) is 6.82. The van der Waals surface area contributed by atoms with Gasteiger partial charge in [-0.05, 0) is 60.4 Å². The van der Waals surface area contributed by atoms with Crippen LogP contribution < -0.4 is 10.6 Å². The van der Waals surface area contributed by atoms with Gasteiger partial charge in [0.1, 0.15) is 24.8 Å². The van der Waals surface area contributed by atoms with Crippen LogP contribution in [0, 0.1) is 10.8 Å². The van der Waals surface area contributed by atoms with Crippen molar-refractivity contribution in [3.8, 4) is 16.8 Å². The second-order valence-corrected chi connectivity index (χ2v) is 14.1. The number of carbonyl (C=O) groups excluding carboxylic acids is 2. The van der Waals surface area contributed by atoms with E-state index in [2.05, 4.69) is 25.8 Å². The topological polar surface area (TPSA) is 143 Å². The molecule has 4 aromatic rings. The number of rotatable bonds is 10. The van der Waals surface area contributed by atoms with Gasteiger partial charge in [-0.15, -0.1) is 0 Å². The molecule has 2 aromatic heterocycles. The highest BCUT2D eigenvalue weighted by Gasteiger charge is 2.54. The van der Waals surface area contributed by atoms with Crippen molar-refractivity contribution in [1.29, 1.82) is 5.41 Å². The number of benzene rings is 2. The van der Waals surface area contributed by atoms with Crippen LogP contribution in [0.25, 0.3) is 16.8 Å². The number of amides is 2. The molecule has 1 aliphatic carbocycles. The summed E-state index contributed by atoms with van der Waals surface area (Å²) in [5, 5.41) is 23.5. The highest BCUT2D eigenvalue weighted by atomic mass is 35.5. The highest BCUT2D eigenvalue weighted by Crippen LogP contribution is 2.43. The zero-order valence-electron chi connectivity index (χ0n) is 26.9. The van der Waals surface area contributed by atoms with E-state index < -0.39 is 30.1 Å². The lowest BCUT2D eigenvalue weighted by atomic mass is 9.75. The molecule has 0 radical (unpaired) electrons. The van der Waals surface area contributed by atoms with Crippen molar-refractivity contribution in [3.05, 3.63) is 83.7 Å². The van der Waals surface area contributed by atoms with Gasteiger partial charge < -0.3 is 15.4 Å². The first kappa shape index (κ1) is 33.1. The SMILES string of the molecule is CC(C)(C)C[C@]1(c2ccc(-c3cnn(C(F)F)c3)cc2)NC(=N)N([C@H](COC(=O)NC2(C)CC2)c2ccc(Cl)c(-n3cncn3)c2)C1=O. The smallest absolute Gasteiger partial charge is 0.407 e. The summed E-state index contributed by atoms with van der Waals surface area (Å²) >= 11 is 6.53. The second-order valence-electron chi connectivity index (χ2n) is 13.7. The van der Waals surface area contributed by atoms with Crippen LogP contribution in [0.3, 0.4) is 0 Å². The minimum absolute atomic E-state index is 0.174. The Kier molecular flexibility index (Phi) is 8.48. The number of nitrogens with zero attached hydrogens (tertiary/aromatic N) is 6. The van der Waals surface area contributed by atoms with Crippen LogP contribution in [-0.4, -0.2) is 59.6 Å². The molecule has 0 bridgehead atoms. The number of hydrogen-bond donors (Lipinski definition) is 3. The molecule has 2 aliphatic rings. The minimum atomic E-state index is -2.77. The van der Waals surface area contributed by atoms with E-state index in [4.69, 9.17) is 21.7 Å². The third-order valence-corrected chi connectivity index (χ3v) is 8.89. The molecular formula is C33H36ClF2N9O3. The molecule has 3 heterocycles. The van der Waals surface area contributed by atoms with Gasteiger partial charge in [-0.25, -0.2) is 19.1 Å². The van der Waals surface area contributed by atoms with E-state index in [0.717, 1.165) is 12.8 Å². The van der Waals surface area contributed by atoms with Crippen LogP contribution in [0.2, 0.25) is 5.02 Å². The third kappa shape index (κ3) is 6.61. The van der Waals surface area contributed by atoms with Crippen LogP contribution in [-0.2, 0) is 15.1 Å².